The lowest BCUT2D eigenvalue weighted by Gasteiger charge is -2.26. The molecule has 0 aliphatic heterocycles. The van der Waals surface area contributed by atoms with Gasteiger partial charge in [-0.15, -0.1) is 12.4 Å². The van der Waals surface area contributed by atoms with E-state index in [4.69, 9.17) is 0 Å². The zero-order chi connectivity index (χ0) is 18.5. The summed E-state index contributed by atoms with van der Waals surface area (Å²) >= 11 is 0. The van der Waals surface area contributed by atoms with Crippen molar-refractivity contribution in [1.29, 1.82) is 0 Å². The van der Waals surface area contributed by atoms with Crippen LogP contribution < -0.4 is 5.32 Å². The van der Waals surface area contributed by atoms with Crippen molar-refractivity contribution in [3.8, 4) is 0 Å². The topological polar surface area (TPSA) is 50.1 Å². The van der Waals surface area contributed by atoms with Crippen molar-refractivity contribution in [2.45, 2.75) is 18.7 Å². The number of aliphatic hydroxyl groups is 1. The van der Waals surface area contributed by atoms with Crippen LogP contribution in [0.5, 0.6) is 0 Å². The Bertz CT molecular complexity index is 988. The van der Waals surface area contributed by atoms with Gasteiger partial charge in [0.15, 0.2) is 0 Å². The van der Waals surface area contributed by atoms with Gasteiger partial charge in [0.2, 0.25) is 0 Å². The highest BCUT2D eigenvalue weighted by atomic mass is 35.5. The third-order valence-corrected chi connectivity index (χ3v) is 4.87. The Morgan fingerprint density at radius 1 is 0.893 bits per heavy atom. The Hall–Kier alpha value is -2.66. The van der Waals surface area contributed by atoms with Crippen LogP contribution in [-0.2, 0) is 6.54 Å². The Morgan fingerprint density at radius 2 is 1.61 bits per heavy atom. The molecule has 0 aliphatic carbocycles. The number of pyridine rings is 1. The first-order chi connectivity index (χ1) is 13.3. The first-order valence-corrected chi connectivity index (χ1v) is 9.21. The van der Waals surface area contributed by atoms with Crippen LogP contribution in [0, 0.1) is 0 Å². The average Bonchev–Trinajstić information content (AvgIpc) is 3.14. The molecule has 0 saturated carbocycles. The lowest BCUT2D eigenvalue weighted by Crippen LogP contribution is -2.34. The molecule has 2 atom stereocenters. The Balaban J connectivity index is 0.00000225. The van der Waals surface area contributed by atoms with E-state index in [0.717, 1.165) is 16.6 Å². The number of halogens is 1. The molecule has 4 nitrogen and oxygen atoms in total. The Labute approximate surface area is 171 Å². The summed E-state index contributed by atoms with van der Waals surface area (Å²) < 4.78 is 2.17. The molecule has 5 heteroatoms. The van der Waals surface area contributed by atoms with E-state index in [1.54, 1.807) is 12.4 Å². The zero-order valence-electron chi connectivity index (χ0n) is 15.5. The molecule has 4 rings (SSSR count). The van der Waals surface area contributed by atoms with Gasteiger partial charge in [-0.1, -0.05) is 48.5 Å². The number of nitrogens with zero attached hydrogens (tertiary/aromatic N) is 2. The molecule has 0 spiro atoms. The van der Waals surface area contributed by atoms with E-state index in [2.05, 4.69) is 51.4 Å². The third-order valence-electron chi connectivity index (χ3n) is 4.87. The number of fused-ring (bicyclic) bond motifs is 1. The largest absolute Gasteiger partial charge is 0.389 e. The number of nitrogens with one attached hydrogen (secondary N) is 1. The van der Waals surface area contributed by atoms with Crippen LogP contribution in [0.15, 0.2) is 91.4 Å². The first-order valence-electron chi connectivity index (χ1n) is 9.21. The maximum absolute atomic E-state index is 11.1. The average molecular weight is 394 g/mol. The van der Waals surface area contributed by atoms with Crippen LogP contribution in [0.3, 0.4) is 0 Å². The highest BCUT2D eigenvalue weighted by molar-refractivity contribution is 5.85. The van der Waals surface area contributed by atoms with Crippen molar-refractivity contribution >= 4 is 23.3 Å². The molecule has 0 unspecified atom stereocenters. The minimum Gasteiger partial charge on any atom is -0.389 e. The quantitative estimate of drug-likeness (QED) is 0.494. The molecule has 4 aromatic rings. The summed E-state index contributed by atoms with van der Waals surface area (Å²) in [7, 11) is 0. The van der Waals surface area contributed by atoms with Crippen molar-refractivity contribution in [1.82, 2.24) is 14.9 Å². The fraction of sp³-hybridized carbons (Fsp3) is 0.174. The third kappa shape index (κ3) is 4.42. The summed E-state index contributed by atoms with van der Waals surface area (Å²) in [6, 6.07) is 24.4. The van der Waals surface area contributed by atoms with Crippen molar-refractivity contribution in [2.24, 2.45) is 0 Å². The van der Waals surface area contributed by atoms with E-state index in [1.807, 2.05) is 42.5 Å². The first kappa shape index (κ1) is 20.1. The standard InChI is InChI=1S/C23H23N3O.ClH/c27-22(17-25-16-18-10-13-24-14-11-18)23(20-7-2-1-3-8-20)26-15-12-19-6-4-5-9-21(19)26;/h1-15,22-23,25,27H,16-17H2;1H/t22-,23+;/m1./s1. The van der Waals surface area contributed by atoms with Gasteiger partial charge in [0.25, 0.3) is 0 Å². The van der Waals surface area contributed by atoms with Crippen LogP contribution >= 0.6 is 12.4 Å². The van der Waals surface area contributed by atoms with Crippen molar-refractivity contribution in [3.05, 3.63) is 103 Å². The van der Waals surface area contributed by atoms with E-state index in [1.165, 1.54) is 5.39 Å². The number of aliphatic hydroxyl groups excluding tert-OH is 1. The summed E-state index contributed by atoms with van der Waals surface area (Å²) in [5, 5.41) is 15.6. The minimum atomic E-state index is -0.565. The second-order valence-corrected chi connectivity index (χ2v) is 6.69. The molecule has 2 aromatic carbocycles. The molecular formula is C23H24ClN3O. The highest BCUT2D eigenvalue weighted by Crippen LogP contribution is 2.27. The number of benzene rings is 2. The van der Waals surface area contributed by atoms with Gasteiger partial charge in [0, 0.05) is 37.2 Å². The van der Waals surface area contributed by atoms with Crippen LogP contribution in [0.1, 0.15) is 17.2 Å². The Morgan fingerprint density at radius 3 is 2.39 bits per heavy atom. The maximum atomic E-state index is 11.1. The highest BCUT2D eigenvalue weighted by Gasteiger charge is 2.23. The molecule has 28 heavy (non-hydrogen) atoms. The van der Waals surface area contributed by atoms with E-state index in [-0.39, 0.29) is 18.4 Å². The summed E-state index contributed by atoms with van der Waals surface area (Å²) in [6.45, 7) is 1.20. The number of hydrogen-bond donors (Lipinski definition) is 2. The second kappa shape index (κ2) is 9.51. The lowest BCUT2D eigenvalue weighted by molar-refractivity contribution is 0.129. The van der Waals surface area contributed by atoms with E-state index < -0.39 is 6.10 Å². The smallest absolute Gasteiger partial charge is 0.0912 e. The molecule has 0 amide bonds. The summed E-state index contributed by atoms with van der Waals surface area (Å²) in [5.74, 6) is 0. The van der Waals surface area contributed by atoms with E-state index >= 15 is 0 Å². The van der Waals surface area contributed by atoms with Gasteiger partial charge in [0.1, 0.15) is 0 Å². The van der Waals surface area contributed by atoms with Gasteiger partial charge >= 0.3 is 0 Å². The van der Waals surface area contributed by atoms with Gasteiger partial charge in [-0.25, -0.2) is 0 Å². The number of para-hydroxylation sites is 1. The number of rotatable bonds is 7. The second-order valence-electron chi connectivity index (χ2n) is 6.69. The predicted molar refractivity (Wildman–Crippen MR) is 116 cm³/mol. The molecule has 144 valence electrons. The van der Waals surface area contributed by atoms with Crippen molar-refractivity contribution < 1.29 is 5.11 Å². The van der Waals surface area contributed by atoms with Gasteiger partial charge in [-0.3, -0.25) is 4.98 Å². The van der Waals surface area contributed by atoms with Gasteiger partial charge in [-0.05, 0) is 40.8 Å². The molecular weight excluding hydrogens is 370 g/mol. The lowest BCUT2D eigenvalue weighted by atomic mass is 10.0. The number of aromatic nitrogens is 2. The molecule has 2 N–H and O–H groups in total. The van der Waals surface area contributed by atoms with Crippen LogP contribution in [0.25, 0.3) is 10.9 Å². The van der Waals surface area contributed by atoms with Crippen LogP contribution in [0.2, 0.25) is 0 Å². The molecule has 0 saturated heterocycles. The van der Waals surface area contributed by atoms with Gasteiger partial charge in [-0.2, -0.15) is 0 Å². The number of hydrogen-bond acceptors (Lipinski definition) is 3. The summed E-state index contributed by atoms with van der Waals surface area (Å²) in [5.41, 5.74) is 3.37. The maximum Gasteiger partial charge on any atom is 0.0912 e. The molecule has 0 fully saturated rings. The van der Waals surface area contributed by atoms with Crippen molar-refractivity contribution in [3.63, 3.8) is 0 Å². The summed E-state index contributed by atoms with van der Waals surface area (Å²) in [4.78, 5) is 4.04. The van der Waals surface area contributed by atoms with E-state index in [0.29, 0.717) is 13.1 Å². The normalized spacial score (nSPS) is 13.0. The van der Waals surface area contributed by atoms with E-state index in [9.17, 15) is 5.11 Å². The molecule has 0 radical (unpaired) electrons. The predicted octanol–water partition coefficient (Wildman–Crippen LogP) is 4.20. The SMILES string of the molecule is Cl.O[C@H](CNCc1ccncc1)[C@H](c1ccccc1)n1ccc2ccccc21. The Kier molecular flexibility index (Phi) is 6.82. The molecule has 2 heterocycles. The molecule has 0 bridgehead atoms. The van der Waals surface area contributed by atoms with Gasteiger partial charge < -0.3 is 15.0 Å². The van der Waals surface area contributed by atoms with Crippen LogP contribution in [-0.4, -0.2) is 27.3 Å². The van der Waals surface area contributed by atoms with Gasteiger partial charge in [0.05, 0.1) is 12.1 Å². The molecule has 2 aromatic heterocycles. The zero-order valence-corrected chi connectivity index (χ0v) is 16.3. The fourth-order valence-electron chi connectivity index (χ4n) is 3.54. The van der Waals surface area contributed by atoms with Crippen LogP contribution in [0.4, 0.5) is 0 Å². The minimum absolute atomic E-state index is 0. The molecule has 0 aliphatic rings. The summed E-state index contributed by atoms with van der Waals surface area (Å²) in [6.07, 6.45) is 5.07. The van der Waals surface area contributed by atoms with Crippen molar-refractivity contribution in [2.75, 3.05) is 6.54 Å². The fourth-order valence-corrected chi connectivity index (χ4v) is 3.54. The monoisotopic (exact) mass is 393 g/mol.